The molecule has 0 bridgehead atoms. The van der Waals surface area contributed by atoms with Crippen LogP contribution in [0.25, 0.3) is 0 Å². The van der Waals surface area contributed by atoms with Crippen LogP contribution in [0.1, 0.15) is 6.42 Å². The molecule has 0 aromatic carbocycles. The Hall–Kier alpha value is -0.523. The summed E-state index contributed by atoms with van der Waals surface area (Å²) in [4.78, 5) is 9.79. The molecular formula is C3H6F3NOSi. The number of carbonyl (C=O) groups excluding carboxylic acids is 1. The SMILES string of the molecule is NC(=O)CC[Si](F)(F)F. The fourth-order valence-corrected chi connectivity index (χ4v) is 0.795. The number of amides is 1. The average molecular weight is 157 g/mol. The zero-order valence-electron chi connectivity index (χ0n) is 4.53. The first-order valence-electron chi connectivity index (χ1n) is 2.27. The van der Waals surface area contributed by atoms with Crippen molar-refractivity contribution in [3.05, 3.63) is 0 Å². The second-order valence-corrected chi connectivity index (χ2v) is 3.31. The first-order valence-corrected chi connectivity index (χ1v) is 4.11. The Balaban J connectivity index is 3.39. The van der Waals surface area contributed by atoms with Gasteiger partial charge in [-0.3, -0.25) is 4.79 Å². The molecule has 0 radical (unpaired) electrons. The van der Waals surface area contributed by atoms with Crippen molar-refractivity contribution in [3.8, 4) is 0 Å². The lowest BCUT2D eigenvalue weighted by molar-refractivity contribution is -0.117. The highest BCUT2D eigenvalue weighted by atomic mass is 28.5. The molecule has 2 nitrogen and oxygen atoms in total. The summed E-state index contributed by atoms with van der Waals surface area (Å²) in [5.74, 6) is -0.889. The first-order chi connectivity index (χ1) is 3.92. The third-order valence-corrected chi connectivity index (χ3v) is 1.47. The summed E-state index contributed by atoms with van der Waals surface area (Å²) in [6.07, 6.45) is -0.560. The Morgan fingerprint density at radius 3 is 2.00 bits per heavy atom. The molecule has 0 heterocycles. The van der Waals surface area contributed by atoms with Crippen LogP contribution < -0.4 is 5.73 Å². The monoisotopic (exact) mass is 157 g/mol. The highest BCUT2D eigenvalue weighted by Gasteiger charge is 2.36. The largest absolute Gasteiger partial charge is 0.616 e. The van der Waals surface area contributed by atoms with E-state index in [1.54, 1.807) is 0 Å². The Labute approximate surface area is 51.4 Å². The van der Waals surface area contributed by atoms with Crippen molar-refractivity contribution >= 4 is 15.0 Å². The molecule has 0 unspecified atom stereocenters. The maximum Gasteiger partial charge on any atom is 0.616 e. The summed E-state index contributed by atoms with van der Waals surface area (Å²) < 4.78 is 34.0. The minimum atomic E-state index is -5.52. The Morgan fingerprint density at radius 2 is 1.89 bits per heavy atom. The molecule has 2 N–H and O–H groups in total. The number of carbonyl (C=O) groups is 1. The lowest BCUT2D eigenvalue weighted by Gasteiger charge is -1.97. The number of primary amides is 1. The molecule has 9 heavy (non-hydrogen) atoms. The van der Waals surface area contributed by atoms with Gasteiger partial charge in [-0.05, 0) is 0 Å². The third-order valence-electron chi connectivity index (χ3n) is 0.655. The Kier molecular flexibility index (Phi) is 2.69. The van der Waals surface area contributed by atoms with Crippen molar-refractivity contribution < 1.29 is 17.1 Å². The molecule has 0 rings (SSSR count). The van der Waals surface area contributed by atoms with Crippen LogP contribution in [-0.2, 0) is 4.79 Å². The number of halogens is 3. The molecule has 0 saturated heterocycles. The molecule has 0 aliphatic carbocycles. The minimum absolute atomic E-state index is 0.560. The van der Waals surface area contributed by atoms with Gasteiger partial charge in [0, 0.05) is 12.5 Å². The maximum atomic E-state index is 11.3. The zero-order valence-corrected chi connectivity index (χ0v) is 5.53. The quantitative estimate of drug-likeness (QED) is 0.475. The van der Waals surface area contributed by atoms with E-state index >= 15 is 0 Å². The van der Waals surface area contributed by atoms with E-state index in [9.17, 15) is 17.1 Å². The number of rotatable bonds is 3. The topological polar surface area (TPSA) is 43.1 Å². The normalized spacial score (nSPS) is 11.4. The van der Waals surface area contributed by atoms with Crippen LogP contribution in [0.4, 0.5) is 12.3 Å². The molecule has 6 heteroatoms. The molecule has 1 amide bonds. The van der Waals surface area contributed by atoms with E-state index in [4.69, 9.17) is 0 Å². The smallest absolute Gasteiger partial charge is 0.370 e. The zero-order chi connectivity index (χ0) is 7.49. The van der Waals surface area contributed by atoms with Crippen LogP contribution in [0, 0.1) is 0 Å². The summed E-state index contributed by atoms with van der Waals surface area (Å²) in [5.41, 5.74) is 4.48. The lowest BCUT2D eigenvalue weighted by atomic mass is 10.5. The molecule has 0 saturated carbocycles. The van der Waals surface area contributed by atoms with E-state index in [2.05, 4.69) is 5.73 Å². The van der Waals surface area contributed by atoms with Gasteiger partial charge < -0.3 is 5.73 Å². The number of nitrogens with two attached hydrogens (primary N) is 1. The van der Waals surface area contributed by atoms with Crippen LogP contribution >= 0.6 is 0 Å². The lowest BCUT2D eigenvalue weighted by Crippen LogP contribution is -2.19. The summed E-state index contributed by atoms with van der Waals surface area (Å²) in [6.45, 7) is 0. The summed E-state index contributed by atoms with van der Waals surface area (Å²) in [5, 5.41) is 0. The van der Waals surface area contributed by atoms with Crippen molar-refractivity contribution in [2.24, 2.45) is 5.73 Å². The van der Waals surface area contributed by atoms with Gasteiger partial charge in [0.1, 0.15) is 0 Å². The van der Waals surface area contributed by atoms with Crippen LogP contribution in [0.3, 0.4) is 0 Å². The van der Waals surface area contributed by atoms with Crippen molar-refractivity contribution in [1.82, 2.24) is 0 Å². The average Bonchev–Trinajstić information content (AvgIpc) is 1.59. The van der Waals surface area contributed by atoms with Crippen molar-refractivity contribution in [2.45, 2.75) is 12.5 Å². The van der Waals surface area contributed by atoms with E-state index in [-0.39, 0.29) is 0 Å². The molecule has 0 aromatic heterocycles. The van der Waals surface area contributed by atoms with Crippen LogP contribution in [-0.4, -0.2) is 15.0 Å². The van der Waals surface area contributed by atoms with Gasteiger partial charge in [-0.25, -0.2) is 12.3 Å². The number of hydrogen-bond donors (Lipinski definition) is 1. The number of hydrogen-bond acceptors (Lipinski definition) is 1. The van der Waals surface area contributed by atoms with E-state index in [1.807, 2.05) is 0 Å². The van der Waals surface area contributed by atoms with Crippen molar-refractivity contribution in [2.75, 3.05) is 0 Å². The summed E-state index contributed by atoms with van der Waals surface area (Å²) in [7, 11) is -5.52. The predicted molar refractivity (Wildman–Crippen MR) is 27.7 cm³/mol. The highest BCUT2D eigenvalue weighted by molar-refractivity contribution is 6.58. The predicted octanol–water partition coefficient (Wildman–Crippen LogP) is 0.709. The Bertz CT molecular complexity index is 112. The van der Waals surface area contributed by atoms with Crippen molar-refractivity contribution in [3.63, 3.8) is 0 Å². The molecule has 0 fully saturated rings. The van der Waals surface area contributed by atoms with Gasteiger partial charge in [0.15, 0.2) is 0 Å². The van der Waals surface area contributed by atoms with Gasteiger partial charge in [-0.2, -0.15) is 0 Å². The Morgan fingerprint density at radius 1 is 1.44 bits per heavy atom. The van der Waals surface area contributed by atoms with Gasteiger partial charge >= 0.3 is 9.08 Å². The van der Waals surface area contributed by atoms with E-state index in [0.29, 0.717) is 0 Å². The molecule has 0 aliphatic rings. The highest BCUT2D eigenvalue weighted by Crippen LogP contribution is 2.15. The van der Waals surface area contributed by atoms with Gasteiger partial charge in [0.2, 0.25) is 5.91 Å². The van der Waals surface area contributed by atoms with E-state index in [1.165, 1.54) is 0 Å². The molecule has 0 spiro atoms. The van der Waals surface area contributed by atoms with Gasteiger partial charge in [0.25, 0.3) is 0 Å². The second-order valence-electron chi connectivity index (χ2n) is 1.58. The minimum Gasteiger partial charge on any atom is -0.370 e. The van der Waals surface area contributed by atoms with E-state index < -0.39 is 27.4 Å². The van der Waals surface area contributed by atoms with Crippen molar-refractivity contribution in [1.29, 1.82) is 0 Å². The standard InChI is InChI=1S/C3H6F3NOSi/c4-9(5,6)2-1-3(7)8/h1-2H2,(H2,7,8). The van der Waals surface area contributed by atoms with E-state index in [0.717, 1.165) is 0 Å². The second kappa shape index (κ2) is 2.86. The molecule has 0 atom stereocenters. The molecular weight excluding hydrogens is 151 g/mol. The fraction of sp³-hybridized carbons (Fsp3) is 0.667. The van der Waals surface area contributed by atoms with Crippen LogP contribution in [0.2, 0.25) is 6.04 Å². The van der Waals surface area contributed by atoms with Crippen LogP contribution in [0.15, 0.2) is 0 Å². The van der Waals surface area contributed by atoms with Crippen LogP contribution in [0.5, 0.6) is 0 Å². The maximum absolute atomic E-state index is 11.3. The third kappa shape index (κ3) is 7.48. The fourth-order valence-electron chi connectivity index (χ4n) is 0.265. The van der Waals surface area contributed by atoms with Gasteiger partial charge in [-0.1, -0.05) is 0 Å². The summed E-state index contributed by atoms with van der Waals surface area (Å²) in [6, 6.07) is -0.984. The molecule has 54 valence electrons. The van der Waals surface area contributed by atoms with Gasteiger partial charge in [0.05, 0.1) is 0 Å². The molecule has 0 aliphatic heterocycles. The summed E-state index contributed by atoms with van der Waals surface area (Å²) >= 11 is 0. The molecule has 0 aromatic rings. The van der Waals surface area contributed by atoms with Gasteiger partial charge in [-0.15, -0.1) is 0 Å². The first kappa shape index (κ1) is 8.48.